The number of hydrogen-bond acceptors (Lipinski definition) is 4. The number of carbonyl (C=O) groups excluding carboxylic acids is 2. The van der Waals surface area contributed by atoms with Crippen LogP contribution in [0.25, 0.3) is 10.9 Å². The molecule has 0 unspecified atom stereocenters. The van der Waals surface area contributed by atoms with Crippen LogP contribution in [0, 0.1) is 0 Å². The number of pyridine rings is 1. The van der Waals surface area contributed by atoms with Crippen LogP contribution in [0.1, 0.15) is 21.6 Å². The summed E-state index contributed by atoms with van der Waals surface area (Å²) >= 11 is 5.90. The molecule has 0 spiro atoms. The molecule has 34 heavy (non-hydrogen) atoms. The van der Waals surface area contributed by atoms with Crippen molar-refractivity contribution >= 4 is 40.0 Å². The Morgan fingerprint density at radius 2 is 1.82 bits per heavy atom. The summed E-state index contributed by atoms with van der Waals surface area (Å²) < 4.78 is 49.3. The van der Waals surface area contributed by atoms with E-state index < -0.39 is 29.1 Å². The highest BCUT2D eigenvalue weighted by Crippen LogP contribution is 2.40. The highest BCUT2D eigenvalue weighted by atomic mass is 35.5. The van der Waals surface area contributed by atoms with Gasteiger partial charge in [0.15, 0.2) is 0 Å². The summed E-state index contributed by atoms with van der Waals surface area (Å²) in [7, 11) is 1.35. The third-order valence-corrected chi connectivity index (χ3v) is 5.38. The van der Waals surface area contributed by atoms with Crippen LogP contribution >= 0.6 is 11.6 Å². The summed E-state index contributed by atoms with van der Waals surface area (Å²) in [6, 6.07) is 15.1. The molecule has 4 rings (SSSR count). The molecule has 0 saturated carbocycles. The normalized spacial score (nSPS) is 11.4. The molecular weight excluding hydrogens is 471 g/mol. The van der Waals surface area contributed by atoms with E-state index in [2.05, 4.69) is 10.3 Å². The van der Waals surface area contributed by atoms with Crippen LogP contribution in [0.4, 0.5) is 19.0 Å². The Labute approximate surface area is 196 Å². The number of anilines is 1. The van der Waals surface area contributed by atoms with Crippen molar-refractivity contribution in [3.63, 3.8) is 0 Å². The van der Waals surface area contributed by atoms with E-state index in [4.69, 9.17) is 16.3 Å². The number of hydrogen-bond donors (Lipinski definition) is 1. The van der Waals surface area contributed by atoms with Crippen molar-refractivity contribution in [3.8, 4) is 5.75 Å². The van der Waals surface area contributed by atoms with Gasteiger partial charge in [-0.1, -0.05) is 29.8 Å². The number of ether oxygens (including phenoxy) is 1. The molecule has 0 radical (unpaired) electrons. The van der Waals surface area contributed by atoms with E-state index in [0.29, 0.717) is 10.6 Å². The van der Waals surface area contributed by atoms with Crippen LogP contribution in [0.2, 0.25) is 5.02 Å². The van der Waals surface area contributed by atoms with E-state index in [1.165, 1.54) is 37.6 Å². The number of aromatic nitrogens is 2. The molecule has 2 heterocycles. The maximum atomic E-state index is 14.4. The highest BCUT2D eigenvalue weighted by molar-refractivity contribution is 6.48. The van der Waals surface area contributed by atoms with Gasteiger partial charge in [-0.25, -0.2) is 4.98 Å². The predicted molar refractivity (Wildman–Crippen MR) is 121 cm³/mol. The summed E-state index contributed by atoms with van der Waals surface area (Å²) in [5.74, 6) is -2.30. The Balaban J connectivity index is 1.90. The number of amides is 1. The lowest BCUT2D eigenvalue weighted by molar-refractivity contribution is -0.143. The van der Waals surface area contributed by atoms with Crippen LogP contribution < -0.4 is 10.1 Å². The number of Topliss-reactive ketones (excluding diaryl/α,β-unsaturated/α-hetero) is 1. The number of methoxy groups -OCH3 is 1. The molecule has 1 amide bonds. The molecular formula is C24H17ClF3N3O3. The number of fused-ring (bicyclic) bond motifs is 1. The third kappa shape index (κ3) is 4.60. The summed E-state index contributed by atoms with van der Waals surface area (Å²) in [5.41, 5.74) is -1.34. The lowest BCUT2D eigenvalue weighted by Crippen LogP contribution is -2.26. The van der Waals surface area contributed by atoms with Crippen LogP contribution in [0.5, 0.6) is 5.75 Å². The first-order chi connectivity index (χ1) is 16.2. The summed E-state index contributed by atoms with van der Waals surface area (Å²) in [6.07, 6.45) is -3.56. The Bertz CT molecular complexity index is 1370. The van der Waals surface area contributed by atoms with Gasteiger partial charge >= 0.3 is 6.18 Å². The molecule has 2 aromatic carbocycles. The minimum atomic E-state index is -4.94. The van der Waals surface area contributed by atoms with Crippen molar-refractivity contribution < 1.29 is 27.5 Å². The molecule has 174 valence electrons. The Morgan fingerprint density at radius 3 is 2.44 bits per heavy atom. The Hall–Kier alpha value is -3.85. The van der Waals surface area contributed by atoms with Crippen LogP contribution in [-0.2, 0) is 17.5 Å². The van der Waals surface area contributed by atoms with Crippen LogP contribution in [-0.4, -0.2) is 28.4 Å². The fourth-order valence-electron chi connectivity index (χ4n) is 3.65. The minimum absolute atomic E-state index is 0.0388. The molecule has 0 bridgehead atoms. The van der Waals surface area contributed by atoms with Gasteiger partial charge in [0.25, 0.3) is 11.7 Å². The molecule has 0 saturated heterocycles. The zero-order valence-corrected chi connectivity index (χ0v) is 18.4. The van der Waals surface area contributed by atoms with Crippen molar-refractivity contribution in [2.75, 3.05) is 12.4 Å². The molecule has 10 heteroatoms. The van der Waals surface area contributed by atoms with Gasteiger partial charge in [-0.15, -0.1) is 0 Å². The molecule has 0 aliphatic carbocycles. The number of ketones is 1. The van der Waals surface area contributed by atoms with Gasteiger partial charge in [-0.2, -0.15) is 13.2 Å². The van der Waals surface area contributed by atoms with Gasteiger partial charge in [0.1, 0.15) is 17.3 Å². The third-order valence-electron chi connectivity index (χ3n) is 5.13. The fourth-order valence-corrected chi connectivity index (χ4v) is 3.77. The van der Waals surface area contributed by atoms with E-state index in [1.54, 1.807) is 36.4 Å². The van der Waals surface area contributed by atoms with E-state index in [0.717, 1.165) is 4.57 Å². The maximum Gasteiger partial charge on any atom is 0.432 e. The van der Waals surface area contributed by atoms with E-state index >= 15 is 0 Å². The second-order valence-electron chi connectivity index (χ2n) is 7.32. The average molecular weight is 488 g/mol. The van der Waals surface area contributed by atoms with E-state index in [9.17, 15) is 22.8 Å². The number of carbonyl (C=O) groups is 2. The number of alkyl halides is 3. The number of benzene rings is 2. The van der Waals surface area contributed by atoms with Crippen molar-refractivity contribution in [3.05, 3.63) is 88.7 Å². The first kappa shape index (κ1) is 23.3. The summed E-state index contributed by atoms with van der Waals surface area (Å²) in [6.45, 7) is -0.204. The van der Waals surface area contributed by atoms with Gasteiger partial charge in [-0.05, 0) is 48.0 Å². The van der Waals surface area contributed by atoms with Gasteiger partial charge in [0.2, 0.25) is 0 Å². The molecule has 6 nitrogen and oxygen atoms in total. The van der Waals surface area contributed by atoms with Gasteiger partial charge in [0, 0.05) is 28.7 Å². The maximum absolute atomic E-state index is 14.4. The molecule has 0 aliphatic rings. The van der Waals surface area contributed by atoms with Gasteiger partial charge in [0.05, 0.1) is 12.7 Å². The van der Waals surface area contributed by atoms with E-state index in [1.807, 2.05) is 0 Å². The number of rotatable bonds is 6. The van der Waals surface area contributed by atoms with E-state index in [-0.39, 0.29) is 29.0 Å². The largest absolute Gasteiger partial charge is 0.497 e. The summed E-state index contributed by atoms with van der Waals surface area (Å²) in [5, 5.41) is 2.64. The Kier molecular flexibility index (Phi) is 6.30. The molecule has 4 aromatic rings. The van der Waals surface area contributed by atoms with Gasteiger partial charge < -0.3 is 14.6 Å². The van der Waals surface area contributed by atoms with Crippen LogP contribution in [0.3, 0.4) is 0 Å². The Morgan fingerprint density at radius 1 is 1.09 bits per heavy atom. The van der Waals surface area contributed by atoms with Crippen LogP contribution in [0.15, 0.2) is 66.9 Å². The molecule has 0 fully saturated rings. The smallest absolute Gasteiger partial charge is 0.432 e. The first-order valence-electron chi connectivity index (χ1n) is 9.97. The summed E-state index contributed by atoms with van der Waals surface area (Å²) in [4.78, 5) is 29.7. The first-order valence-corrected chi connectivity index (χ1v) is 10.4. The topological polar surface area (TPSA) is 73.2 Å². The molecule has 0 aliphatic heterocycles. The standard InChI is InChI=1S/C24H17ClF3N3O3/c1-34-16-9-10-18-17(12-16)20(21(32)23(33)30-19-4-2-3-11-29-19)22(24(26,27)28)31(18)13-14-5-7-15(25)8-6-14/h2-12H,13H2,1H3,(H,29,30,33). The minimum Gasteiger partial charge on any atom is -0.497 e. The SMILES string of the molecule is COc1ccc2c(c1)c(C(=O)C(=O)Nc1ccccn1)c(C(F)(F)F)n2Cc1ccc(Cl)cc1. The number of nitrogens with one attached hydrogen (secondary N) is 1. The van der Waals surface area contributed by atoms with Gasteiger partial charge in [-0.3, -0.25) is 9.59 Å². The predicted octanol–water partition coefficient (Wildman–Crippen LogP) is 5.59. The van der Waals surface area contributed by atoms with Crippen molar-refractivity contribution in [2.45, 2.75) is 12.7 Å². The quantitative estimate of drug-likeness (QED) is 0.284. The fraction of sp³-hybridized carbons (Fsp3) is 0.125. The zero-order chi connectivity index (χ0) is 24.5. The monoisotopic (exact) mass is 487 g/mol. The average Bonchev–Trinajstić information content (AvgIpc) is 3.14. The molecule has 0 atom stereocenters. The molecule has 1 N–H and O–H groups in total. The second kappa shape index (κ2) is 9.18. The van der Waals surface area contributed by atoms with Crippen molar-refractivity contribution in [1.82, 2.24) is 9.55 Å². The highest BCUT2D eigenvalue weighted by Gasteiger charge is 2.42. The number of nitrogens with zero attached hydrogens (tertiary/aromatic N) is 2. The number of halogens is 4. The molecule has 2 aromatic heterocycles. The lowest BCUT2D eigenvalue weighted by Gasteiger charge is -2.15. The lowest BCUT2D eigenvalue weighted by atomic mass is 10.0. The van der Waals surface area contributed by atoms with Crippen molar-refractivity contribution in [2.24, 2.45) is 0 Å². The zero-order valence-electron chi connectivity index (χ0n) is 17.7. The van der Waals surface area contributed by atoms with Crippen molar-refractivity contribution in [1.29, 1.82) is 0 Å². The second-order valence-corrected chi connectivity index (χ2v) is 7.75.